The molecule has 0 amide bonds. The summed E-state index contributed by atoms with van der Waals surface area (Å²) in [6.07, 6.45) is 6.48. The fraction of sp³-hybridized carbons (Fsp3) is 0.529. The van der Waals surface area contributed by atoms with Gasteiger partial charge in [0.1, 0.15) is 0 Å². The Hall–Kier alpha value is -0.497. The van der Waals surface area contributed by atoms with Gasteiger partial charge in [-0.3, -0.25) is 0 Å². The first-order valence-corrected chi connectivity index (χ1v) is 13.2. The van der Waals surface area contributed by atoms with Gasteiger partial charge in [0.25, 0.3) is 0 Å². The van der Waals surface area contributed by atoms with Crippen LogP contribution in [0, 0.1) is 0 Å². The number of hydrogen-bond donors (Lipinski definition) is 0. The molecule has 0 aromatic heterocycles. The van der Waals surface area contributed by atoms with E-state index in [0.29, 0.717) is 0 Å². The fourth-order valence-corrected chi connectivity index (χ4v) is 13.0. The topological polar surface area (TPSA) is 0 Å². The second-order valence-corrected chi connectivity index (χ2v) is 14.9. The van der Waals surface area contributed by atoms with Gasteiger partial charge in [0.15, 0.2) is 0 Å². The normalized spacial score (nSPS) is 12.2. The van der Waals surface area contributed by atoms with Crippen LogP contribution in [0.4, 0.5) is 0 Å². The Kier molecular flexibility index (Phi) is 7.42. The Bertz CT molecular complexity index is 323. The zero-order valence-corrected chi connectivity index (χ0v) is 14.4. The van der Waals surface area contributed by atoms with Gasteiger partial charge in [0.05, 0.1) is 0 Å². The van der Waals surface area contributed by atoms with E-state index in [9.17, 15) is 0 Å². The van der Waals surface area contributed by atoms with Crippen LogP contribution < -0.4 is 0 Å². The monoisotopic (exact) mass is 306 g/mol. The van der Waals surface area contributed by atoms with Gasteiger partial charge in [-0.2, -0.15) is 0 Å². The summed E-state index contributed by atoms with van der Waals surface area (Å²) >= 11 is -1.71. The summed E-state index contributed by atoms with van der Waals surface area (Å²) in [7, 11) is 0. The summed E-state index contributed by atoms with van der Waals surface area (Å²) < 4.78 is 0. The molecule has 100 valence electrons. The molecule has 0 N–H and O–H groups in total. The Morgan fingerprint density at radius 2 is 1.33 bits per heavy atom. The van der Waals surface area contributed by atoms with Crippen LogP contribution in [-0.2, 0) is 0 Å². The molecule has 0 aliphatic heterocycles. The van der Waals surface area contributed by atoms with Crippen molar-refractivity contribution in [2.75, 3.05) is 0 Å². The molecule has 0 aliphatic carbocycles. The minimum atomic E-state index is -1.71. The van der Waals surface area contributed by atoms with Gasteiger partial charge in [-0.1, -0.05) is 0 Å². The molecule has 1 rings (SSSR count). The Morgan fingerprint density at radius 3 is 1.78 bits per heavy atom. The summed E-state index contributed by atoms with van der Waals surface area (Å²) in [5, 5.41) is 4.51. The van der Waals surface area contributed by atoms with Crippen molar-refractivity contribution in [2.24, 2.45) is 0 Å². The van der Waals surface area contributed by atoms with E-state index in [1.54, 1.807) is 0 Å². The predicted octanol–water partition coefficient (Wildman–Crippen LogP) is 5.92. The average Bonchev–Trinajstić information content (AvgIpc) is 2.39. The molecule has 0 atom stereocenters. The second-order valence-electron chi connectivity index (χ2n) is 5.36. The molecule has 0 radical (unpaired) electrons. The molecule has 0 heterocycles. The molecule has 0 spiro atoms. The summed E-state index contributed by atoms with van der Waals surface area (Å²) in [4.78, 5) is 2.67. The summed E-state index contributed by atoms with van der Waals surface area (Å²) in [5.74, 6) is 0. The van der Waals surface area contributed by atoms with Gasteiger partial charge < -0.3 is 0 Å². The Morgan fingerprint density at radius 1 is 0.833 bits per heavy atom. The van der Waals surface area contributed by atoms with Crippen LogP contribution >= 0.6 is 0 Å². The number of rotatable bonds is 8. The molecule has 0 saturated heterocycles. The molecule has 0 nitrogen and oxygen atoms in total. The standard InChI is InChI=1S/C17H28Ge/c1-4-13-18(14-5-2,15-6-3)16-12-17-10-8-7-9-11-17/h7-12,16H,4-6,13-15H2,1-3H3. The molecular weight excluding hydrogens is 277 g/mol. The molecule has 1 aromatic carbocycles. The van der Waals surface area contributed by atoms with Gasteiger partial charge in [-0.05, 0) is 0 Å². The first kappa shape index (κ1) is 15.6. The molecule has 0 unspecified atom stereocenters. The summed E-state index contributed by atoms with van der Waals surface area (Å²) in [6.45, 7) is 7.05. The van der Waals surface area contributed by atoms with E-state index in [0.717, 1.165) is 0 Å². The van der Waals surface area contributed by atoms with Gasteiger partial charge >= 0.3 is 116 Å². The van der Waals surface area contributed by atoms with E-state index in [-0.39, 0.29) is 0 Å². The van der Waals surface area contributed by atoms with Crippen molar-refractivity contribution < 1.29 is 0 Å². The van der Waals surface area contributed by atoms with Crippen molar-refractivity contribution in [1.29, 1.82) is 0 Å². The van der Waals surface area contributed by atoms with Crippen LogP contribution in [0.3, 0.4) is 0 Å². The number of hydrogen-bond acceptors (Lipinski definition) is 0. The van der Waals surface area contributed by atoms with E-state index in [2.05, 4.69) is 62.1 Å². The van der Waals surface area contributed by atoms with Crippen molar-refractivity contribution in [2.45, 2.75) is 55.8 Å². The van der Waals surface area contributed by atoms with Crippen LogP contribution in [0.1, 0.15) is 45.6 Å². The first-order valence-electron chi connectivity index (χ1n) is 7.50. The van der Waals surface area contributed by atoms with E-state index in [1.165, 1.54) is 40.6 Å². The third-order valence-corrected chi connectivity index (χ3v) is 14.9. The van der Waals surface area contributed by atoms with E-state index >= 15 is 0 Å². The zero-order chi connectivity index (χ0) is 13.3. The molecular formula is C17H28Ge. The molecule has 1 heteroatoms. The SMILES string of the molecule is CC[CH2][Ge]([CH]=Cc1ccccc1)([CH2]CC)[CH2]CC. The van der Waals surface area contributed by atoms with E-state index in [4.69, 9.17) is 0 Å². The summed E-state index contributed by atoms with van der Waals surface area (Å²) in [6, 6.07) is 10.8. The van der Waals surface area contributed by atoms with Crippen molar-refractivity contribution in [3.05, 3.63) is 40.8 Å². The van der Waals surface area contributed by atoms with Gasteiger partial charge in [-0.25, -0.2) is 0 Å². The van der Waals surface area contributed by atoms with Crippen LogP contribution in [0.15, 0.2) is 35.2 Å². The molecule has 0 aliphatic rings. The van der Waals surface area contributed by atoms with Crippen LogP contribution in [-0.4, -0.2) is 13.3 Å². The summed E-state index contributed by atoms with van der Waals surface area (Å²) in [5.41, 5.74) is 1.37. The van der Waals surface area contributed by atoms with Gasteiger partial charge in [-0.15, -0.1) is 0 Å². The molecule has 18 heavy (non-hydrogen) atoms. The second kappa shape index (κ2) is 8.58. The number of benzene rings is 1. The quantitative estimate of drug-likeness (QED) is 0.523. The predicted molar refractivity (Wildman–Crippen MR) is 86.5 cm³/mol. The van der Waals surface area contributed by atoms with Crippen molar-refractivity contribution in [3.8, 4) is 0 Å². The molecule has 0 bridgehead atoms. The Labute approximate surface area is 116 Å². The maximum absolute atomic E-state index is 2.67. The van der Waals surface area contributed by atoms with Crippen LogP contribution in [0.5, 0.6) is 0 Å². The van der Waals surface area contributed by atoms with E-state index in [1.807, 2.05) is 0 Å². The van der Waals surface area contributed by atoms with Gasteiger partial charge in [0.2, 0.25) is 0 Å². The maximum atomic E-state index is 2.67. The fourth-order valence-electron chi connectivity index (χ4n) is 2.96. The first-order chi connectivity index (χ1) is 8.76. The van der Waals surface area contributed by atoms with E-state index < -0.39 is 13.3 Å². The molecule has 1 aromatic rings. The Balaban J connectivity index is 2.84. The zero-order valence-electron chi connectivity index (χ0n) is 12.3. The minimum absolute atomic E-state index is 1.36. The van der Waals surface area contributed by atoms with Crippen molar-refractivity contribution in [1.82, 2.24) is 0 Å². The van der Waals surface area contributed by atoms with Gasteiger partial charge in [0, 0.05) is 0 Å². The average molecular weight is 305 g/mol. The van der Waals surface area contributed by atoms with Crippen molar-refractivity contribution >= 4 is 19.3 Å². The van der Waals surface area contributed by atoms with Crippen LogP contribution in [0.25, 0.3) is 6.08 Å². The molecule has 0 saturated carbocycles. The third kappa shape index (κ3) is 5.01. The van der Waals surface area contributed by atoms with Crippen LogP contribution in [0.2, 0.25) is 15.8 Å². The molecule has 0 fully saturated rings. The third-order valence-electron chi connectivity index (χ3n) is 3.67. The van der Waals surface area contributed by atoms with Crippen molar-refractivity contribution in [3.63, 3.8) is 0 Å².